The second-order valence-corrected chi connectivity index (χ2v) is 11.5. The molecule has 1 saturated heterocycles. The second-order valence-electron chi connectivity index (χ2n) is 10.7. The number of nitrogens with one attached hydrogen (secondary N) is 2. The lowest BCUT2D eigenvalue weighted by Gasteiger charge is -2.44. The van der Waals surface area contributed by atoms with Crippen molar-refractivity contribution in [1.82, 2.24) is 15.2 Å². The fourth-order valence-corrected chi connectivity index (χ4v) is 6.89. The summed E-state index contributed by atoms with van der Waals surface area (Å²) in [6, 6.07) is 17.6. The summed E-state index contributed by atoms with van der Waals surface area (Å²) in [5.74, 6) is 0.136. The Kier molecular flexibility index (Phi) is 7.90. The quantitative estimate of drug-likeness (QED) is 0.355. The number of nitrogens with zero attached hydrogens (tertiary/aromatic N) is 2. The van der Waals surface area contributed by atoms with Crippen LogP contribution in [0.25, 0.3) is 0 Å². The highest BCUT2D eigenvalue weighted by atomic mass is 35.5. The maximum absolute atomic E-state index is 12.6. The lowest BCUT2D eigenvalue weighted by Crippen LogP contribution is -2.49. The van der Waals surface area contributed by atoms with Gasteiger partial charge in [0.1, 0.15) is 0 Å². The first-order valence-corrected chi connectivity index (χ1v) is 14.1. The van der Waals surface area contributed by atoms with Crippen molar-refractivity contribution in [2.45, 2.75) is 51.0 Å². The van der Waals surface area contributed by atoms with Gasteiger partial charge in [-0.1, -0.05) is 77.3 Å². The van der Waals surface area contributed by atoms with Crippen LogP contribution in [0.5, 0.6) is 0 Å². The Morgan fingerprint density at radius 1 is 1.11 bits per heavy atom. The molecule has 1 aliphatic heterocycles. The molecule has 1 fully saturated rings. The molecule has 0 spiro atoms. The number of aryl methyl sites for hydroxylation is 1. The molecule has 0 bridgehead atoms. The van der Waals surface area contributed by atoms with E-state index in [-0.39, 0.29) is 26.9 Å². The van der Waals surface area contributed by atoms with Crippen LogP contribution in [0.2, 0.25) is 10.0 Å². The summed E-state index contributed by atoms with van der Waals surface area (Å²) >= 11 is 12.3. The maximum atomic E-state index is 12.6. The van der Waals surface area contributed by atoms with Gasteiger partial charge in [-0.2, -0.15) is 0 Å². The normalized spacial score (nSPS) is 20.8. The summed E-state index contributed by atoms with van der Waals surface area (Å²) in [6.45, 7) is 6.86. The first kappa shape index (κ1) is 26.9. The van der Waals surface area contributed by atoms with Crippen LogP contribution in [-0.4, -0.2) is 47.2 Å². The summed E-state index contributed by atoms with van der Waals surface area (Å²) < 4.78 is 0. The summed E-state index contributed by atoms with van der Waals surface area (Å²) in [7, 11) is 0. The molecule has 1 aliphatic carbocycles. The first-order valence-electron chi connectivity index (χ1n) is 13.4. The van der Waals surface area contributed by atoms with E-state index in [0.29, 0.717) is 18.5 Å². The number of fused-ring (bicyclic) bond motifs is 1. The maximum Gasteiger partial charge on any atom is 0.254 e. The smallest absolute Gasteiger partial charge is 0.254 e. The molecule has 2 heterocycles. The highest BCUT2D eigenvalue weighted by Gasteiger charge is 2.50. The molecule has 7 heteroatoms. The van der Waals surface area contributed by atoms with E-state index in [1.807, 2.05) is 0 Å². The molecule has 2 N–H and O–H groups in total. The number of hydrogen-bond donors (Lipinski definition) is 2. The van der Waals surface area contributed by atoms with Gasteiger partial charge in [0.2, 0.25) is 0 Å². The molecule has 0 radical (unpaired) electrons. The Morgan fingerprint density at radius 3 is 2.42 bits per heavy atom. The minimum atomic E-state index is -0.274. The molecule has 2 atom stereocenters. The molecular formula is C31H34Cl2N4O. The number of aromatic nitrogens is 1. The van der Waals surface area contributed by atoms with Gasteiger partial charge in [-0.15, -0.1) is 0 Å². The molecule has 1 aromatic heterocycles. The molecule has 5 nitrogen and oxygen atoms in total. The van der Waals surface area contributed by atoms with Crippen molar-refractivity contribution in [1.29, 1.82) is 5.41 Å². The number of carbonyl (C=O) groups excluding carboxylic acids is 1. The minimum absolute atomic E-state index is 0.257. The third-order valence-electron chi connectivity index (χ3n) is 8.55. The monoisotopic (exact) mass is 548 g/mol. The highest BCUT2D eigenvalue weighted by Crippen LogP contribution is 2.48. The zero-order valence-corrected chi connectivity index (χ0v) is 23.4. The van der Waals surface area contributed by atoms with E-state index < -0.39 is 0 Å². The molecule has 5 rings (SSSR count). The van der Waals surface area contributed by atoms with Gasteiger partial charge in [0.15, 0.2) is 0 Å². The molecule has 2 aromatic carbocycles. The number of benzene rings is 2. The molecule has 2 unspecified atom stereocenters. The van der Waals surface area contributed by atoms with Gasteiger partial charge in [0, 0.05) is 30.4 Å². The Balaban J connectivity index is 1.24. The fraction of sp³-hybridized carbons (Fsp3) is 0.387. The van der Waals surface area contributed by atoms with Gasteiger partial charge < -0.3 is 15.6 Å². The summed E-state index contributed by atoms with van der Waals surface area (Å²) in [5.41, 5.74) is 5.69. The van der Waals surface area contributed by atoms with E-state index in [1.165, 1.54) is 29.1 Å². The van der Waals surface area contributed by atoms with Crippen LogP contribution in [0.4, 0.5) is 0 Å². The third kappa shape index (κ3) is 5.00. The number of piperidine rings is 1. The second kappa shape index (κ2) is 11.2. The number of halogens is 2. The van der Waals surface area contributed by atoms with Crippen LogP contribution < -0.4 is 5.32 Å². The average Bonchev–Trinajstić information content (AvgIpc) is 3.22. The van der Waals surface area contributed by atoms with E-state index >= 15 is 0 Å². The number of rotatable bonds is 7. The van der Waals surface area contributed by atoms with Gasteiger partial charge in [-0.05, 0) is 75.2 Å². The number of hydrogen-bond acceptors (Lipinski definition) is 4. The van der Waals surface area contributed by atoms with Gasteiger partial charge in [-0.3, -0.25) is 9.78 Å². The molecule has 0 saturated carbocycles. The van der Waals surface area contributed by atoms with Crippen LogP contribution in [-0.2, 0) is 11.8 Å². The van der Waals surface area contributed by atoms with Crippen molar-refractivity contribution >= 4 is 34.8 Å². The molecule has 3 aromatic rings. The first-order chi connectivity index (χ1) is 18.3. The number of pyridine rings is 1. The zero-order valence-electron chi connectivity index (χ0n) is 21.9. The lowest BCUT2D eigenvalue weighted by molar-refractivity contribution is 0.0935. The van der Waals surface area contributed by atoms with Crippen molar-refractivity contribution in [3.63, 3.8) is 0 Å². The summed E-state index contributed by atoms with van der Waals surface area (Å²) in [4.78, 5) is 19.0. The van der Waals surface area contributed by atoms with Crippen LogP contribution in [0.15, 0.2) is 60.9 Å². The van der Waals surface area contributed by atoms with Crippen molar-refractivity contribution in [3.8, 4) is 0 Å². The van der Waals surface area contributed by atoms with Crippen molar-refractivity contribution in [2.24, 2.45) is 5.92 Å². The number of amides is 1. The summed E-state index contributed by atoms with van der Waals surface area (Å²) in [5, 5.41) is 12.8. The highest BCUT2D eigenvalue weighted by molar-refractivity contribution is 6.39. The standard InChI is InChI=1S/C31H34Cl2N4O/c1-20-7-9-23(10-8-20)31(17-22-5-3-4-6-25(22)29(31)34)24-12-15-37(16-13-24)21(2)11-14-36-30(38)28-26(32)18-35-19-27(28)33/h3-10,18-19,21,24,34H,11-17H2,1-2H3,(H,36,38). The van der Waals surface area contributed by atoms with E-state index in [0.717, 1.165) is 50.0 Å². The largest absolute Gasteiger partial charge is 0.352 e. The van der Waals surface area contributed by atoms with Crippen molar-refractivity contribution in [2.75, 3.05) is 19.6 Å². The predicted molar refractivity (Wildman–Crippen MR) is 155 cm³/mol. The van der Waals surface area contributed by atoms with Gasteiger partial charge >= 0.3 is 0 Å². The Morgan fingerprint density at radius 2 is 1.76 bits per heavy atom. The number of likely N-dealkylation sites (tertiary alicyclic amines) is 1. The van der Waals surface area contributed by atoms with E-state index in [9.17, 15) is 10.2 Å². The topological polar surface area (TPSA) is 69.1 Å². The molecule has 38 heavy (non-hydrogen) atoms. The van der Waals surface area contributed by atoms with Crippen LogP contribution in [0.3, 0.4) is 0 Å². The molecule has 198 valence electrons. The Hall–Kier alpha value is -2.73. The third-order valence-corrected chi connectivity index (χ3v) is 9.12. The minimum Gasteiger partial charge on any atom is -0.352 e. The SMILES string of the molecule is Cc1ccc(C2(C3CCN(C(C)CCNC(=O)c4c(Cl)cncc4Cl)CC3)Cc3ccccc3C2=N)cc1. The van der Waals surface area contributed by atoms with E-state index in [2.05, 4.69) is 77.6 Å². The van der Waals surface area contributed by atoms with Gasteiger partial charge in [0.25, 0.3) is 5.91 Å². The Labute approximate surface area is 235 Å². The molecule has 2 aliphatic rings. The lowest BCUT2D eigenvalue weighted by atomic mass is 9.63. The van der Waals surface area contributed by atoms with Crippen LogP contribution >= 0.6 is 23.2 Å². The van der Waals surface area contributed by atoms with Crippen molar-refractivity contribution < 1.29 is 4.79 Å². The predicted octanol–water partition coefficient (Wildman–Crippen LogP) is 6.48. The average molecular weight is 550 g/mol. The van der Waals surface area contributed by atoms with Crippen LogP contribution in [0.1, 0.15) is 58.8 Å². The number of carbonyl (C=O) groups is 1. The van der Waals surface area contributed by atoms with E-state index in [4.69, 9.17) is 23.2 Å². The molecular weight excluding hydrogens is 515 g/mol. The fourth-order valence-electron chi connectivity index (χ4n) is 6.36. The van der Waals surface area contributed by atoms with E-state index in [1.54, 1.807) is 0 Å². The van der Waals surface area contributed by atoms with Crippen LogP contribution in [0, 0.1) is 18.3 Å². The zero-order chi connectivity index (χ0) is 26.9. The Bertz CT molecular complexity index is 1310. The van der Waals surface area contributed by atoms with Crippen molar-refractivity contribution in [3.05, 3.63) is 98.8 Å². The van der Waals surface area contributed by atoms with Gasteiger partial charge in [0.05, 0.1) is 21.3 Å². The van der Waals surface area contributed by atoms with Gasteiger partial charge in [-0.25, -0.2) is 0 Å². The summed E-state index contributed by atoms with van der Waals surface area (Å²) in [6.07, 6.45) is 6.69. The molecule has 1 amide bonds.